The molecule has 1 fully saturated rings. The van der Waals surface area contributed by atoms with E-state index < -0.39 is 0 Å². The van der Waals surface area contributed by atoms with Gasteiger partial charge in [-0.05, 0) is 13.0 Å². The van der Waals surface area contributed by atoms with Crippen LogP contribution in [-0.2, 0) is 13.1 Å². The fraction of sp³-hybridized carbons (Fsp3) is 0.857. The summed E-state index contributed by atoms with van der Waals surface area (Å²) in [5, 5.41) is 13.3. The lowest BCUT2D eigenvalue weighted by Crippen LogP contribution is -2.41. The van der Waals surface area contributed by atoms with E-state index in [9.17, 15) is 0 Å². The topological polar surface area (TPSA) is 46.0 Å². The van der Waals surface area contributed by atoms with Crippen molar-refractivity contribution in [2.24, 2.45) is 0 Å². The Balaban J connectivity index is 1.73. The van der Waals surface area contributed by atoms with Crippen molar-refractivity contribution in [3.05, 3.63) is 11.9 Å². The maximum atomic E-state index is 4.21. The highest BCUT2D eigenvalue weighted by Crippen LogP contribution is 2.24. The molecule has 1 aliphatic rings. The third-order valence-electron chi connectivity index (χ3n) is 3.46. The maximum Gasteiger partial charge on any atom is 0.0964 e. The minimum absolute atomic E-state index is 0.739. The monoisotopic (exact) mass is 297 g/mol. The van der Waals surface area contributed by atoms with Crippen molar-refractivity contribution in [3.63, 3.8) is 0 Å². The molecule has 0 amide bonds. The molecule has 1 aromatic rings. The average Bonchev–Trinajstić information content (AvgIpc) is 2.84. The first-order chi connectivity index (χ1) is 9.67. The molecule has 0 aliphatic carbocycles. The number of aromatic nitrogens is 3. The molecule has 0 spiro atoms. The van der Waals surface area contributed by atoms with Crippen LogP contribution < -0.4 is 5.32 Å². The highest BCUT2D eigenvalue weighted by molar-refractivity contribution is 8.00. The van der Waals surface area contributed by atoms with Gasteiger partial charge in [-0.2, -0.15) is 11.8 Å². The predicted molar refractivity (Wildman–Crippen MR) is 85.0 cm³/mol. The van der Waals surface area contributed by atoms with Crippen molar-refractivity contribution in [2.45, 2.75) is 50.8 Å². The quantitative estimate of drug-likeness (QED) is 0.775. The standard InChI is InChI=1S/C14H27N5S/c1-4-5-15-8-14-11-19(17-16-14)7-6-18-9-12(2)20-13(3)10-18/h11-13,15H,4-10H2,1-3H3. The fourth-order valence-corrected chi connectivity index (χ4v) is 4.02. The third-order valence-corrected chi connectivity index (χ3v) is 4.69. The van der Waals surface area contributed by atoms with E-state index in [1.807, 2.05) is 4.68 Å². The number of thioether (sulfide) groups is 1. The van der Waals surface area contributed by atoms with E-state index in [-0.39, 0.29) is 0 Å². The van der Waals surface area contributed by atoms with Gasteiger partial charge in [-0.3, -0.25) is 9.58 Å². The molecule has 5 nitrogen and oxygen atoms in total. The zero-order valence-electron chi connectivity index (χ0n) is 12.9. The second-order valence-corrected chi connectivity index (χ2v) is 7.55. The van der Waals surface area contributed by atoms with Crippen LogP contribution in [0.1, 0.15) is 32.9 Å². The Kier molecular flexibility index (Phi) is 6.32. The summed E-state index contributed by atoms with van der Waals surface area (Å²) in [6, 6.07) is 0. The Morgan fingerprint density at radius 3 is 2.75 bits per heavy atom. The van der Waals surface area contributed by atoms with Crippen LogP contribution in [0.25, 0.3) is 0 Å². The summed E-state index contributed by atoms with van der Waals surface area (Å²) in [4.78, 5) is 2.54. The van der Waals surface area contributed by atoms with Gasteiger partial charge in [0.1, 0.15) is 0 Å². The average molecular weight is 297 g/mol. The number of nitrogens with one attached hydrogen (secondary N) is 1. The number of rotatable bonds is 7. The van der Waals surface area contributed by atoms with Crippen molar-refractivity contribution in [1.82, 2.24) is 25.2 Å². The highest BCUT2D eigenvalue weighted by atomic mass is 32.2. The van der Waals surface area contributed by atoms with Gasteiger partial charge >= 0.3 is 0 Å². The van der Waals surface area contributed by atoms with Gasteiger partial charge in [-0.15, -0.1) is 5.10 Å². The molecule has 0 radical (unpaired) electrons. The molecule has 6 heteroatoms. The Bertz CT molecular complexity index is 385. The van der Waals surface area contributed by atoms with Gasteiger partial charge in [-0.1, -0.05) is 26.0 Å². The van der Waals surface area contributed by atoms with Gasteiger partial charge in [0.2, 0.25) is 0 Å². The van der Waals surface area contributed by atoms with Gasteiger partial charge in [0.15, 0.2) is 0 Å². The smallest absolute Gasteiger partial charge is 0.0964 e. The van der Waals surface area contributed by atoms with E-state index in [1.165, 1.54) is 13.1 Å². The fourth-order valence-electron chi connectivity index (χ4n) is 2.63. The molecule has 1 aliphatic heterocycles. The van der Waals surface area contributed by atoms with Gasteiger partial charge in [0, 0.05) is 42.9 Å². The number of hydrogen-bond donors (Lipinski definition) is 1. The molecular formula is C14H27N5S. The molecule has 0 saturated carbocycles. The minimum atomic E-state index is 0.739. The first-order valence-corrected chi connectivity index (χ1v) is 8.59. The van der Waals surface area contributed by atoms with Gasteiger partial charge in [-0.25, -0.2) is 0 Å². The van der Waals surface area contributed by atoms with Crippen LogP contribution in [0.5, 0.6) is 0 Å². The third kappa shape index (κ3) is 5.07. The molecule has 2 rings (SSSR count). The minimum Gasteiger partial charge on any atom is -0.311 e. The number of nitrogens with zero attached hydrogens (tertiary/aromatic N) is 4. The van der Waals surface area contributed by atoms with E-state index in [0.717, 1.165) is 48.8 Å². The van der Waals surface area contributed by atoms with E-state index in [1.54, 1.807) is 0 Å². The van der Waals surface area contributed by atoms with E-state index in [0.29, 0.717) is 0 Å². The molecule has 0 aromatic carbocycles. The van der Waals surface area contributed by atoms with Crippen molar-refractivity contribution < 1.29 is 0 Å². The highest BCUT2D eigenvalue weighted by Gasteiger charge is 2.21. The molecule has 0 bridgehead atoms. The first-order valence-electron chi connectivity index (χ1n) is 7.65. The molecule has 1 aromatic heterocycles. The molecule has 20 heavy (non-hydrogen) atoms. The maximum absolute atomic E-state index is 4.21. The zero-order chi connectivity index (χ0) is 14.4. The predicted octanol–water partition coefficient (Wildman–Crippen LogP) is 1.60. The Hall–Kier alpha value is -0.590. The first kappa shape index (κ1) is 15.8. The summed E-state index contributed by atoms with van der Waals surface area (Å²) in [5.41, 5.74) is 1.04. The molecule has 114 valence electrons. The van der Waals surface area contributed by atoms with Crippen LogP contribution in [0, 0.1) is 0 Å². The lowest BCUT2D eigenvalue weighted by atomic mass is 10.3. The van der Waals surface area contributed by atoms with Crippen LogP contribution in [-0.4, -0.2) is 56.6 Å². The lowest BCUT2D eigenvalue weighted by Gasteiger charge is -2.34. The van der Waals surface area contributed by atoms with Crippen LogP contribution in [0.2, 0.25) is 0 Å². The van der Waals surface area contributed by atoms with Gasteiger partial charge in [0.05, 0.1) is 12.2 Å². The molecular weight excluding hydrogens is 270 g/mol. The summed E-state index contributed by atoms with van der Waals surface area (Å²) in [6.07, 6.45) is 3.21. The van der Waals surface area contributed by atoms with Gasteiger partial charge < -0.3 is 5.32 Å². The van der Waals surface area contributed by atoms with E-state index in [4.69, 9.17) is 0 Å². The van der Waals surface area contributed by atoms with Crippen molar-refractivity contribution in [2.75, 3.05) is 26.2 Å². The molecule has 1 N–H and O–H groups in total. The second kappa shape index (κ2) is 8.00. The van der Waals surface area contributed by atoms with Crippen LogP contribution in [0.4, 0.5) is 0 Å². The van der Waals surface area contributed by atoms with Crippen LogP contribution in [0.3, 0.4) is 0 Å². The normalized spacial score (nSPS) is 24.1. The van der Waals surface area contributed by atoms with Crippen molar-refractivity contribution in [1.29, 1.82) is 0 Å². The molecule has 2 atom stereocenters. The summed E-state index contributed by atoms with van der Waals surface area (Å²) in [7, 11) is 0. The largest absolute Gasteiger partial charge is 0.311 e. The molecule has 1 saturated heterocycles. The summed E-state index contributed by atoms with van der Waals surface area (Å²) >= 11 is 2.10. The Labute approximate surface area is 126 Å². The zero-order valence-corrected chi connectivity index (χ0v) is 13.7. The Morgan fingerprint density at radius 1 is 1.30 bits per heavy atom. The Morgan fingerprint density at radius 2 is 2.05 bits per heavy atom. The van der Waals surface area contributed by atoms with Crippen molar-refractivity contribution in [3.8, 4) is 0 Å². The van der Waals surface area contributed by atoms with Crippen LogP contribution in [0.15, 0.2) is 6.20 Å². The second-order valence-electron chi connectivity index (χ2n) is 5.67. The van der Waals surface area contributed by atoms with E-state index in [2.05, 4.69) is 59.3 Å². The van der Waals surface area contributed by atoms with Gasteiger partial charge in [0.25, 0.3) is 0 Å². The van der Waals surface area contributed by atoms with Crippen LogP contribution >= 0.6 is 11.8 Å². The van der Waals surface area contributed by atoms with E-state index >= 15 is 0 Å². The summed E-state index contributed by atoms with van der Waals surface area (Å²) in [6.45, 7) is 13.0. The molecule has 2 heterocycles. The number of hydrogen-bond acceptors (Lipinski definition) is 5. The lowest BCUT2D eigenvalue weighted by molar-refractivity contribution is 0.255. The molecule has 2 unspecified atom stereocenters. The summed E-state index contributed by atoms with van der Waals surface area (Å²) in [5.74, 6) is 0. The van der Waals surface area contributed by atoms with Crippen molar-refractivity contribution >= 4 is 11.8 Å². The summed E-state index contributed by atoms with van der Waals surface area (Å²) < 4.78 is 1.97. The SMILES string of the molecule is CCCNCc1cn(CCN2CC(C)SC(C)C2)nn1.